The maximum Gasteiger partial charge on any atom is 0.335 e. The van der Waals surface area contributed by atoms with E-state index in [0.29, 0.717) is 13.1 Å². The summed E-state index contributed by atoms with van der Waals surface area (Å²) in [6, 6.07) is 6.93. The number of carboxylic acids is 1. The molecule has 0 atom stereocenters. The Kier molecular flexibility index (Phi) is 6.59. The van der Waals surface area contributed by atoms with Crippen molar-refractivity contribution in [3.63, 3.8) is 0 Å². The van der Waals surface area contributed by atoms with Gasteiger partial charge in [-0.1, -0.05) is 31.9 Å². The van der Waals surface area contributed by atoms with Crippen LogP contribution >= 0.6 is 0 Å². The molecule has 1 heterocycles. The number of likely N-dealkylation sites (tertiary alicyclic amines) is 1. The van der Waals surface area contributed by atoms with E-state index in [2.05, 4.69) is 4.90 Å². The summed E-state index contributed by atoms with van der Waals surface area (Å²) >= 11 is 0. The van der Waals surface area contributed by atoms with Gasteiger partial charge < -0.3 is 10.0 Å². The summed E-state index contributed by atoms with van der Waals surface area (Å²) < 4.78 is 0. The van der Waals surface area contributed by atoms with Crippen LogP contribution in [0.25, 0.3) is 0 Å². The summed E-state index contributed by atoms with van der Waals surface area (Å²) in [5.74, 6) is -0.737. The number of carbonyl (C=O) groups excluding carboxylic acids is 1. The first kappa shape index (κ1) is 17.5. The van der Waals surface area contributed by atoms with E-state index in [1.807, 2.05) is 17.9 Å². The molecule has 1 aromatic carbocycles. The van der Waals surface area contributed by atoms with Gasteiger partial charge >= 0.3 is 5.97 Å². The van der Waals surface area contributed by atoms with E-state index < -0.39 is 5.97 Å². The molecule has 1 aromatic rings. The van der Waals surface area contributed by atoms with Crippen LogP contribution in [0.2, 0.25) is 0 Å². The number of hydrogen-bond acceptors (Lipinski definition) is 3. The van der Waals surface area contributed by atoms with Crippen LogP contribution in [0.4, 0.5) is 0 Å². The lowest BCUT2D eigenvalue weighted by atomic mass is 10.1. The zero-order valence-electron chi connectivity index (χ0n) is 13.8. The third-order valence-electron chi connectivity index (χ3n) is 4.34. The Morgan fingerprint density at radius 1 is 1.17 bits per heavy atom. The molecule has 1 N–H and O–H groups in total. The molecule has 0 bridgehead atoms. The van der Waals surface area contributed by atoms with Crippen LogP contribution in [0.1, 0.15) is 48.5 Å². The number of benzene rings is 1. The summed E-state index contributed by atoms with van der Waals surface area (Å²) in [6.07, 6.45) is 4.61. The number of nitrogens with zero attached hydrogens (tertiary/aromatic N) is 2. The predicted molar refractivity (Wildman–Crippen MR) is 89.4 cm³/mol. The molecule has 126 valence electrons. The van der Waals surface area contributed by atoms with E-state index >= 15 is 0 Å². The molecule has 1 aliphatic heterocycles. The van der Waals surface area contributed by atoms with Gasteiger partial charge in [-0.2, -0.15) is 0 Å². The number of carboxylic acid groups (broad SMARTS) is 1. The van der Waals surface area contributed by atoms with E-state index in [4.69, 9.17) is 5.11 Å². The fraction of sp³-hybridized carbons (Fsp3) is 0.556. The summed E-state index contributed by atoms with van der Waals surface area (Å²) in [4.78, 5) is 27.6. The predicted octanol–water partition coefficient (Wildman–Crippen LogP) is 2.61. The number of hydrogen-bond donors (Lipinski definition) is 1. The Bertz CT molecular complexity index is 537. The summed E-state index contributed by atoms with van der Waals surface area (Å²) in [5, 5.41) is 9.07. The summed E-state index contributed by atoms with van der Waals surface area (Å²) in [7, 11) is 0. The van der Waals surface area contributed by atoms with Gasteiger partial charge in [0.15, 0.2) is 0 Å². The van der Waals surface area contributed by atoms with Crippen LogP contribution in [0.5, 0.6) is 0 Å². The van der Waals surface area contributed by atoms with Gasteiger partial charge in [0, 0.05) is 19.6 Å². The molecule has 0 aliphatic carbocycles. The normalized spacial score (nSPS) is 15.5. The second kappa shape index (κ2) is 8.67. The highest BCUT2D eigenvalue weighted by atomic mass is 16.4. The highest BCUT2D eigenvalue weighted by Crippen LogP contribution is 2.12. The third-order valence-corrected chi connectivity index (χ3v) is 4.34. The summed E-state index contributed by atoms with van der Waals surface area (Å²) in [6.45, 7) is 5.51. The van der Waals surface area contributed by atoms with Gasteiger partial charge in [-0.25, -0.2) is 4.79 Å². The fourth-order valence-electron chi connectivity index (χ4n) is 2.95. The molecule has 1 fully saturated rings. The van der Waals surface area contributed by atoms with E-state index in [9.17, 15) is 9.59 Å². The molecule has 5 nitrogen and oxygen atoms in total. The zero-order valence-corrected chi connectivity index (χ0v) is 13.8. The van der Waals surface area contributed by atoms with Crippen LogP contribution < -0.4 is 0 Å². The molecule has 0 spiro atoms. The van der Waals surface area contributed by atoms with Crippen molar-refractivity contribution in [2.75, 3.05) is 26.2 Å². The largest absolute Gasteiger partial charge is 0.478 e. The number of carbonyl (C=O) groups is 2. The quantitative estimate of drug-likeness (QED) is 0.876. The molecule has 0 aromatic heterocycles. The van der Waals surface area contributed by atoms with Gasteiger partial charge in [0.05, 0.1) is 12.1 Å². The van der Waals surface area contributed by atoms with Gasteiger partial charge in [0.1, 0.15) is 0 Å². The second-order valence-electron chi connectivity index (χ2n) is 6.10. The molecule has 0 saturated carbocycles. The SMILES string of the molecule is CCN(CC(=O)N1CCCCCC1)Cc1cccc(C(=O)O)c1. The lowest BCUT2D eigenvalue weighted by molar-refractivity contribution is -0.132. The second-order valence-corrected chi connectivity index (χ2v) is 6.10. The van der Waals surface area contributed by atoms with E-state index in [-0.39, 0.29) is 11.5 Å². The highest BCUT2D eigenvalue weighted by Gasteiger charge is 2.18. The maximum atomic E-state index is 12.5. The van der Waals surface area contributed by atoms with Crippen LogP contribution in [-0.4, -0.2) is 53.0 Å². The highest BCUT2D eigenvalue weighted by molar-refractivity contribution is 5.87. The minimum Gasteiger partial charge on any atom is -0.478 e. The smallest absolute Gasteiger partial charge is 0.335 e. The van der Waals surface area contributed by atoms with E-state index in [0.717, 1.165) is 38.0 Å². The van der Waals surface area contributed by atoms with E-state index in [1.54, 1.807) is 18.2 Å². The van der Waals surface area contributed by atoms with E-state index in [1.165, 1.54) is 12.8 Å². The molecular weight excluding hydrogens is 292 g/mol. The molecule has 0 unspecified atom stereocenters. The van der Waals surface area contributed by atoms with Gasteiger partial charge in [-0.3, -0.25) is 9.69 Å². The average molecular weight is 318 g/mol. The van der Waals surface area contributed by atoms with Crippen molar-refractivity contribution in [1.82, 2.24) is 9.80 Å². The van der Waals surface area contributed by atoms with Crippen molar-refractivity contribution < 1.29 is 14.7 Å². The molecule has 23 heavy (non-hydrogen) atoms. The Morgan fingerprint density at radius 3 is 2.48 bits per heavy atom. The van der Waals surface area contributed by atoms with Crippen LogP contribution in [-0.2, 0) is 11.3 Å². The van der Waals surface area contributed by atoms with Gasteiger partial charge in [0.2, 0.25) is 5.91 Å². The maximum absolute atomic E-state index is 12.5. The molecule has 1 saturated heterocycles. The zero-order chi connectivity index (χ0) is 16.7. The average Bonchev–Trinajstić information content (AvgIpc) is 2.83. The first-order chi connectivity index (χ1) is 11.1. The minimum atomic E-state index is -0.921. The Balaban J connectivity index is 1.95. The Labute approximate surface area is 137 Å². The molecule has 1 amide bonds. The summed E-state index contributed by atoms with van der Waals surface area (Å²) in [5.41, 5.74) is 1.22. The number of likely N-dealkylation sites (N-methyl/N-ethyl adjacent to an activating group) is 1. The van der Waals surface area contributed by atoms with Crippen molar-refractivity contribution in [2.45, 2.75) is 39.2 Å². The van der Waals surface area contributed by atoms with Crippen molar-refractivity contribution in [1.29, 1.82) is 0 Å². The van der Waals surface area contributed by atoms with Gasteiger partial charge in [-0.15, -0.1) is 0 Å². The third kappa shape index (κ3) is 5.36. The number of rotatable bonds is 6. The standard InChI is InChI=1S/C18H26N2O3/c1-2-19(13-15-8-7-9-16(12-15)18(22)23)14-17(21)20-10-5-3-4-6-11-20/h7-9,12H,2-6,10-11,13-14H2,1H3,(H,22,23). The minimum absolute atomic E-state index is 0.183. The topological polar surface area (TPSA) is 60.9 Å². The number of amides is 1. The van der Waals surface area contributed by atoms with Gasteiger partial charge in [0.25, 0.3) is 0 Å². The van der Waals surface area contributed by atoms with Crippen molar-refractivity contribution >= 4 is 11.9 Å². The molecule has 2 rings (SSSR count). The van der Waals surface area contributed by atoms with Gasteiger partial charge in [-0.05, 0) is 37.1 Å². The lowest BCUT2D eigenvalue weighted by Crippen LogP contribution is -2.40. The van der Waals surface area contributed by atoms with Crippen molar-refractivity contribution in [3.8, 4) is 0 Å². The van der Waals surface area contributed by atoms with Crippen LogP contribution in [0.3, 0.4) is 0 Å². The monoisotopic (exact) mass is 318 g/mol. The Hall–Kier alpha value is -1.88. The first-order valence-corrected chi connectivity index (χ1v) is 8.42. The molecular formula is C18H26N2O3. The fourth-order valence-corrected chi connectivity index (χ4v) is 2.95. The van der Waals surface area contributed by atoms with Crippen molar-refractivity contribution in [3.05, 3.63) is 35.4 Å². The lowest BCUT2D eigenvalue weighted by Gasteiger charge is -2.26. The van der Waals surface area contributed by atoms with Crippen molar-refractivity contribution in [2.24, 2.45) is 0 Å². The first-order valence-electron chi connectivity index (χ1n) is 8.42. The Morgan fingerprint density at radius 2 is 1.87 bits per heavy atom. The molecule has 5 heteroatoms. The number of aromatic carboxylic acids is 1. The molecule has 0 radical (unpaired) electrons. The van der Waals surface area contributed by atoms with Crippen LogP contribution in [0, 0.1) is 0 Å². The van der Waals surface area contributed by atoms with Crippen LogP contribution in [0.15, 0.2) is 24.3 Å². The molecule has 1 aliphatic rings.